The van der Waals surface area contributed by atoms with E-state index in [1.54, 1.807) is 0 Å². The molecule has 0 bridgehead atoms. The van der Waals surface area contributed by atoms with Crippen molar-refractivity contribution in [1.29, 1.82) is 5.26 Å². The molecule has 1 aromatic carbocycles. The molecule has 1 saturated heterocycles. The lowest BCUT2D eigenvalue weighted by Crippen LogP contribution is -2.46. The van der Waals surface area contributed by atoms with Gasteiger partial charge in [0.05, 0.1) is 12.7 Å². The maximum absolute atomic E-state index is 12.3. The number of hydrogen-bond donors (Lipinski definition) is 1. The number of amides is 2. The highest BCUT2D eigenvalue weighted by molar-refractivity contribution is 5.78. The second-order valence-corrected chi connectivity index (χ2v) is 6.73. The predicted molar refractivity (Wildman–Crippen MR) is 98.6 cm³/mol. The molecule has 2 rings (SSSR count). The molecule has 0 saturated carbocycles. The summed E-state index contributed by atoms with van der Waals surface area (Å²) in [4.78, 5) is 25.6. The van der Waals surface area contributed by atoms with Gasteiger partial charge in [-0.25, -0.2) is 0 Å². The summed E-state index contributed by atoms with van der Waals surface area (Å²) in [6, 6.07) is 7.95. The summed E-state index contributed by atoms with van der Waals surface area (Å²) in [5, 5.41) is 11.4. The molecule has 1 heterocycles. The predicted octanol–water partition coefficient (Wildman–Crippen LogP) is 2.48. The minimum absolute atomic E-state index is 0.0623. The summed E-state index contributed by atoms with van der Waals surface area (Å²) in [5.74, 6) is 0.812. The van der Waals surface area contributed by atoms with E-state index in [-0.39, 0.29) is 24.3 Å². The number of piperidine rings is 1. The molecule has 1 N–H and O–H groups in total. The third kappa shape index (κ3) is 5.76. The van der Waals surface area contributed by atoms with Gasteiger partial charge in [-0.3, -0.25) is 9.59 Å². The van der Waals surface area contributed by atoms with Crippen LogP contribution in [0, 0.1) is 25.2 Å². The summed E-state index contributed by atoms with van der Waals surface area (Å²) in [6.45, 7) is 5.86. The van der Waals surface area contributed by atoms with Gasteiger partial charge >= 0.3 is 0 Å². The van der Waals surface area contributed by atoms with E-state index >= 15 is 0 Å². The highest BCUT2D eigenvalue weighted by Crippen LogP contribution is 2.22. The van der Waals surface area contributed by atoms with Crippen LogP contribution in [0.2, 0.25) is 0 Å². The average Bonchev–Trinajstić information content (AvgIpc) is 2.61. The molecule has 1 aromatic rings. The fourth-order valence-corrected chi connectivity index (χ4v) is 3.21. The minimum Gasteiger partial charge on any atom is -0.493 e. The van der Waals surface area contributed by atoms with Crippen LogP contribution in [0.1, 0.15) is 43.2 Å². The zero-order valence-electron chi connectivity index (χ0n) is 15.6. The van der Waals surface area contributed by atoms with Crippen LogP contribution in [0.4, 0.5) is 0 Å². The van der Waals surface area contributed by atoms with Crippen molar-refractivity contribution in [2.45, 2.75) is 52.0 Å². The van der Waals surface area contributed by atoms with Crippen LogP contribution in [0.25, 0.3) is 0 Å². The summed E-state index contributed by atoms with van der Waals surface area (Å²) in [6.07, 6.45) is 2.52. The number of benzene rings is 1. The molecule has 0 unspecified atom stereocenters. The van der Waals surface area contributed by atoms with Crippen LogP contribution in [-0.2, 0) is 9.59 Å². The van der Waals surface area contributed by atoms with E-state index in [1.807, 2.05) is 43.0 Å². The number of para-hydroxylation sites is 1. The zero-order chi connectivity index (χ0) is 18.9. The first kappa shape index (κ1) is 19.8. The number of aryl methyl sites for hydroxylation is 2. The number of carbonyl (C=O) groups is 2. The van der Waals surface area contributed by atoms with Gasteiger partial charge in [-0.2, -0.15) is 5.26 Å². The summed E-state index contributed by atoms with van der Waals surface area (Å²) in [7, 11) is 0. The van der Waals surface area contributed by atoms with E-state index in [2.05, 4.69) is 5.32 Å². The number of rotatable bonds is 7. The lowest BCUT2D eigenvalue weighted by Gasteiger charge is -2.32. The molecule has 0 aromatic heterocycles. The number of hydrogen-bond acceptors (Lipinski definition) is 4. The van der Waals surface area contributed by atoms with Gasteiger partial charge in [0.15, 0.2) is 0 Å². The molecular formula is C20H27N3O3. The standard InChI is InChI=1S/C20H27N3O3/c1-15-5-3-6-16(2)20(15)26-14-4-7-19(25)23-12-9-17(10-13-23)22-18(24)8-11-21/h3,5-6,17H,4,7-10,12-14H2,1-2H3,(H,22,24). The quantitative estimate of drug-likeness (QED) is 0.760. The van der Waals surface area contributed by atoms with Crippen molar-refractivity contribution in [3.05, 3.63) is 29.3 Å². The van der Waals surface area contributed by atoms with Gasteiger partial charge in [0.25, 0.3) is 0 Å². The van der Waals surface area contributed by atoms with E-state index in [0.717, 1.165) is 29.7 Å². The maximum atomic E-state index is 12.3. The summed E-state index contributed by atoms with van der Waals surface area (Å²) < 4.78 is 5.84. The Kier molecular flexibility index (Phi) is 7.46. The fraction of sp³-hybridized carbons (Fsp3) is 0.550. The van der Waals surface area contributed by atoms with E-state index in [0.29, 0.717) is 32.5 Å². The fourth-order valence-electron chi connectivity index (χ4n) is 3.21. The largest absolute Gasteiger partial charge is 0.493 e. The molecule has 1 fully saturated rings. The van der Waals surface area contributed by atoms with Gasteiger partial charge in [-0.1, -0.05) is 18.2 Å². The minimum atomic E-state index is -0.235. The maximum Gasteiger partial charge on any atom is 0.234 e. The molecule has 6 nitrogen and oxygen atoms in total. The van der Waals surface area contributed by atoms with Crippen LogP contribution >= 0.6 is 0 Å². The molecule has 2 amide bonds. The molecular weight excluding hydrogens is 330 g/mol. The second kappa shape index (κ2) is 9.81. The molecule has 6 heteroatoms. The molecule has 26 heavy (non-hydrogen) atoms. The Morgan fingerprint density at radius 3 is 2.54 bits per heavy atom. The van der Waals surface area contributed by atoms with Gasteiger partial charge in [0.1, 0.15) is 12.2 Å². The number of carbonyl (C=O) groups excluding carboxylic acids is 2. The van der Waals surface area contributed by atoms with Crippen LogP contribution in [-0.4, -0.2) is 42.5 Å². The van der Waals surface area contributed by atoms with E-state index < -0.39 is 0 Å². The van der Waals surface area contributed by atoms with Gasteiger partial charge in [-0.05, 0) is 44.2 Å². The molecule has 0 radical (unpaired) electrons. The first-order chi connectivity index (χ1) is 12.5. The Bertz CT molecular complexity index is 653. The topological polar surface area (TPSA) is 82.4 Å². The Labute approximate surface area is 155 Å². The first-order valence-corrected chi connectivity index (χ1v) is 9.14. The first-order valence-electron chi connectivity index (χ1n) is 9.14. The van der Waals surface area contributed by atoms with Gasteiger partial charge in [0, 0.05) is 25.6 Å². The Hall–Kier alpha value is -2.55. The summed E-state index contributed by atoms with van der Waals surface area (Å²) in [5.41, 5.74) is 2.22. The van der Waals surface area contributed by atoms with Crippen LogP contribution in [0.15, 0.2) is 18.2 Å². The van der Waals surface area contributed by atoms with Crippen molar-refractivity contribution in [1.82, 2.24) is 10.2 Å². The van der Waals surface area contributed by atoms with Crippen LogP contribution < -0.4 is 10.1 Å². The number of ether oxygens (including phenoxy) is 1. The molecule has 1 aliphatic rings. The van der Waals surface area contributed by atoms with E-state index in [1.165, 1.54) is 0 Å². The van der Waals surface area contributed by atoms with Gasteiger partial charge in [0.2, 0.25) is 11.8 Å². The zero-order valence-corrected chi connectivity index (χ0v) is 15.6. The summed E-state index contributed by atoms with van der Waals surface area (Å²) >= 11 is 0. The lowest BCUT2D eigenvalue weighted by atomic mass is 10.0. The average molecular weight is 357 g/mol. The number of nitrogens with one attached hydrogen (secondary N) is 1. The Morgan fingerprint density at radius 2 is 1.92 bits per heavy atom. The molecule has 0 atom stereocenters. The van der Waals surface area contributed by atoms with Crippen molar-refractivity contribution < 1.29 is 14.3 Å². The highest BCUT2D eigenvalue weighted by atomic mass is 16.5. The van der Waals surface area contributed by atoms with Crippen molar-refractivity contribution in [3.63, 3.8) is 0 Å². The van der Waals surface area contributed by atoms with Gasteiger partial charge < -0.3 is 15.0 Å². The second-order valence-electron chi connectivity index (χ2n) is 6.73. The van der Waals surface area contributed by atoms with Crippen LogP contribution in [0.5, 0.6) is 5.75 Å². The third-order valence-electron chi connectivity index (χ3n) is 4.64. The molecule has 0 aliphatic carbocycles. The lowest BCUT2D eigenvalue weighted by molar-refractivity contribution is -0.132. The highest BCUT2D eigenvalue weighted by Gasteiger charge is 2.23. The number of likely N-dealkylation sites (tertiary alicyclic amines) is 1. The van der Waals surface area contributed by atoms with Crippen molar-refractivity contribution >= 4 is 11.8 Å². The van der Waals surface area contributed by atoms with Crippen molar-refractivity contribution in [2.75, 3.05) is 19.7 Å². The van der Waals surface area contributed by atoms with Crippen LogP contribution in [0.3, 0.4) is 0 Å². The molecule has 0 spiro atoms. The Morgan fingerprint density at radius 1 is 1.27 bits per heavy atom. The van der Waals surface area contributed by atoms with E-state index in [4.69, 9.17) is 10.00 Å². The third-order valence-corrected chi connectivity index (χ3v) is 4.64. The Balaban J connectivity index is 1.66. The monoisotopic (exact) mass is 357 g/mol. The SMILES string of the molecule is Cc1cccc(C)c1OCCCC(=O)N1CCC(NC(=O)CC#N)CC1. The number of nitrogens with zero attached hydrogens (tertiary/aromatic N) is 2. The molecule has 1 aliphatic heterocycles. The van der Waals surface area contributed by atoms with Crippen molar-refractivity contribution in [3.8, 4) is 11.8 Å². The number of nitriles is 1. The van der Waals surface area contributed by atoms with E-state index in [9.17, 15) is 9.59 Å². The smallest absolute Gasteiger partial charge is 0.234 e. The normalized spacial score (nSPS) is 14.6. The van der Waals surface area contributed by atoms with Crippen molar-refractivity contribution in [2.24, 2.45) is 0 Å². The molecule has 140 valence electrons. The van der Waals surface area contributed by atoms with Gasteiger partial charge in [-0.15, -0.1) is 0 Å².